The van der Waals surface area contributed by atoms with Crippen molar-refractivity contribution in [2.75, 3.05) is 13.2 Å². The molecule has 0 radical (unpaired) electrons. The SMILES string of the molecule is CCCCCCCCCCCCCCCCCCC(=O)OC[C@H](CO)OC(=O)CCC/C=C\C/C=C\C/C=C\CC1OC1CCCCC. The minimum atomic E-state index is -0.800. The van der Waals surface area contributed by atoms with Crippen LogP contribution in [0.3, 0.4) is 0 Å². The molecule has 0 aromatic carbocycles. The van der Waals surface area contributed by atoms with Gasteiger partial charge in [-0.25, -0.2) is 0 Å². The van der Waals surface area contributed by atoms with E-state index in [0.29, 0.717) is 25.0 Å². The van der Waals surface area contributed by atoms with Gasteiger partial charge in [0.2, 0.25) is 0 Å². The van der Waals surface area contributed by atoms with E-state index < -0.39 is 6.10 Å². The minimum absolute atomic E-state index is 0.0880. The molecule has 0 amide bonds. The molecule has 278 valence electrons. The minimum Gasteiger partial charge on any atom is -0.462 e. The summed E-state index contributed by atoms with van der Waals surface area (Å²) in [6.07, 6.45) is 43.8. The van der Waals surface area contributed by atoms with Crippen molar-refractivity contribution in [3.63, 3.8) is 0 Å². The Bertz CT molecular complexity index is 834. The molecule has 3 atom stereocenters. The first-order valence-electron chi connectivity index (χ1n) is 20.2. The van der Waals surface area contributed by atoms with Gasteiger partial charge in [0.25, 0.3) is 0 Å². The Morgan fingerprint density at radius 2 is 1.10 bits per heavy atom. The highest BCUT2D eigenvalue weighted by Crippen LogP contribution is 2.30. The number of aliphatic hydroxyl groups excluding tert-OH is 1. The molecular weight excluding hydrogens is 600 g/mol. The molecule has 1 heterocycles. The van der Waals surface area contributed by atoms with Crippen LogP contribution in [-0.2, 0) is 23.8 Å². The van der Waals surface area contributed by atoms with Crippen molar-refractivity contribution in [3.8, 4) is 0 Å². The van der Waals surface area contributed by atoms with E-state index in [1.54, 1.807) is 0 Å². The third kappa shape index (κ3) is 29.0. The number of hydrogen-bond acceptors (Lipinski definition) is 6. The Labute approximate surface area is 295 Å². The Kier molecular flexibility index (Phi) is 30.8. The fourth-order valence-corrected chi connectivity index (χ4v) is 5.93. The highest BCUT2D eigenvalue weighted by Gasteiger charge is 2.36. The molecule has 0 bridgehead atoms. The number of unbranched alkanes of at least 4 members (excludes halogenated alkanes) is 18. The molecule has 48 heavy (non-hydrogen) atoms. The van der Waals surface area contributed by atoms with Crippen LogP contribution in [0.15, 0.2) is 36.5 Å². The van der Waals surface area contributed by atoms with Crippen LogP contribution in [-0.4, -0.2) is 48.6 Å². The summed E-state index contributed by atoms with van der Waals surface area (Å²) in [5, 5.41) is 9.55. The van der Waals surface area contributed by atoms with E-state index in [1.807, 2.05) is 0 Å². The van der Waals surface area contributed by atoms with Crippen LogP contribution in [0.25, 0.3) is 0 Å². The van der Waals surface area contributed by atoms with Gasteiger partial charge in [-0.1, -0.05) is 166 Å². The molecular formula is C42H74O6. The number of rotatable bonds is 35. The second kappa shape index (κ2) is 33.6. The summed E-state index contributed by atoms with van der Waals surface area (Å²) in [6.45, 7) is 4.06. The quantitative estimate of drug-likeness (QED) is 0.0312. The number of esters is 2. The summed E-state index contributed by atoms with van der Waals surface area (Å²) in [6, 6.07) is 0. The molecule has 0 aliphatic carbocycles. The van der Waals surface area contributed by atoms with Gasteiger partial charge in [0, 0.05) is 12.8 Å². The molecule has 6 heteroatoms. The predicted molar refractivity (Wildman–Crippen MR) is 200 cm³/mol. The Hall–Kier alpha value is -1.92. The highest BCUT2D eigenvalue weighted by atomic mass is 16.6. The van der Waals surface area contributed by atoms with Gasteiger partial charge in [0.1, 0.15) is 6.61 Å². The van der Waals surface area contributed by atoms with Gasteiger partial charge >= 0.3 is 11.9 Å². The number of hydrogen-bond donors (Lipinski definition) is 1. The van der Waals surface area contributed by atoms with Crippen LogP contribution >= 0.6 is 0 Å². The van der Waals surface area contributed by atoms with Gasteiger partial charge in [-0.2, -0.15) is 0 Å². The number of carbonyl (C=O) groups is 2. The van der Waals surface area contributed by atoms with E-state index in [0.717, 1.165) is 44.9 Å². The highest BCUT2D eigenvalue weighted by molar-refractivity contribution is 5.70. The molecule has 1 saturated heterocycles. The zero-order valence-electron chi connectivity index (χ0n) is 31.2. The molecule has 6 nitrogen and oxygen atoms in total. The second-order valence-corrected chi connectivity index (χ2v) is 13.8. The largest absolute Gasteiger partial charge is 0.462 e. The smallest absolute Gasteiger partial charge is 0.306 e. The van der Waals surface area contributed by atoms with E-state index in [4.69, 9.17) is 14.2 Å². The fourth-order valence-electron chi connectivity index (χ4n) is 5.93. The Balaban J connectivity index is 1.90. The van der Waals surface area contributed by atoms with Crippen molar-refractivity contribution in [1.82, 2.24) is 0 Å². The molecule has 0 aromatic rings. The molecule has 2 unspecified atom stereocenters. The fraction of sp³-hybridized carbons (Fsp3) is 0.810. The van der Waals surface area contributed by atoms with Crippen LogP contribution in [0, 0.1) is 0 Å². The number of aliphatic hydroxyl groups is 1. The first-order chi connectivity index (χ1) is 23.6. The van der Waals surface area contributed by atoms with Gasteiger partial charge in [-0.05, 0) is 44.9 Å². The third-order valence-electron chi connectivity index (χ3n) is 9.11. The molecule has 1 rings (SSSR count). The van der Waals surface area contributed by atoms with Crippen molar-refractivity contribution in [2.24, 2.45) is 0 Å². The summed E-state index contributed by atoms with van der Waals surface area (Å²) in [4.78, 5) is 24.2. The maximum absolute atomic E-state index is 12.2. The Morgan fingerprint density at radius 1 is 0.604 bits per heavy atom. The summed E-state index contributed by atoms with van der Waals surface area (Å²) in [5.74, 6) is -0.656. The lowest BCUT2D eigenvalue weighted by Gasteiger charge is -2.15. The standard InChI is InChI=1S/C42H74O6/c1-3-5-7-8-9-10-11-12-13-14-15-16-20-23-26-30-34-41(44)46-37-38(36-43)47-42(45)35-31-27-24-21-18-17-19-22-25-29-33-40-39(48-40)32-28-6-4-2/h17,19,21,24-25,29,38-40,43H,3-16,18,20,22-23,26-28,30-37H2,1-2H3/b19-17-,24-21-,29-25-/t38-,39?,40?/m0/s1. The summed E-state index contributed by atoms with van der Waals surface area (Å²) in [5.41, 5.74) is 0. The lowest BCUT2D eigenvalue weighted by atomic mass is 10.0. The van der Waals surface area contributed by atoms with E-state index in [2.05, 4.69) is 50.3 Å². The second-order valence-electron chi connectivity index (χ2n) is 13.8. The van der Waals surface area contributed by atoms with Crippen molar-refractivity contribution in [3.05, 3.63) is 36.5 Å². The monoisotopic (exact) mass is 675 g/mol. The molecule has 1 aliphatic heterocycles. The van der Waals surface area contributed by atoms with Crippen LogP contribution in [0.2, 0.25) is 0 Å². The maximum Gasteiger partial charge on any atom is 0.306 e. The normalized spacial score (nSPS) is 16.7. The topological polar surface area (TPSA) is 85.4 Å². The van der Waals surface area contributed by atoms with E-state index in [-0.39, 0.29) is 31.6 Å². The van der Waals surface area contributed by atoms with Gasteiger partial charge < -0.3 is 19.3 Å². The first-order valence-corrected chi connectivity index (χ1v) is 20.2. The van der Waals surface area contributed by atoms with Gasteiger partial charge in [0.15, 0.2) is 6.10 Å². The number of carbonyl (C=O) groups excluding carboxylic acids is 2. The molecule has 0 saturated carbocycles. The predicted octanol–water partition coefficient (Wildman–Crippen LogP) is 11.4. The lowest BCUT2D eigenvalue weighted by Crippen LogP contribution is -2.28. The van der Waals surface area contributed by atoms with Gasteiger partial charge in [-0.15, -0.1) is 0 Å². The zero-order chi connectivity index (χ0) is 34.8. The summed E-state index contributed by atoms with van der Waals surface area (Å²) < 4.78 is 16.3. The van der Waals surface area contributed by atoms with Gasteiger partial charge in [0.05, 0.1) is 18.8 Å². The average molecular weight is 675 g/mol. The Morgan fingerprint density at radius 3 is 1.69 bits per heavy atom. The first kappa shape index (κ1) is 44.1. The number of ether oxygens (including phenoxy) is 3. The average Bonchev–Trinajstić information content (AvgIpc) is 3.84. The van der Waals surface area contributed by atoms with Crippen LogP contribution in [0.5, 0.6) is 0 Å². The zero-order valence-corrected chi connectivity index (χ0v) is 31.2. The van der Waals surface area contributed by atoms with Crippen molar-refractivity contribution < 1.29 is 28.9 Å². The summed E-state index contributed by atoms with van der Waals surface area (Å²) in [7, 11) is 0. The van der Waals surface area contributed by atoms with Crippen molar-refractivity contribution in [2.45, 2.75) is 206 Å². The van der Waals surface area contributed by atoms with Crippen LogP contribution in [0.4, 0.5) is 0 Å². The van der Waals surface area contributed by atoms with E-state index in [1.165, 1.54) is 109 Å². The third-order valence-corrected chi connectivity index (χ3v) is 9.11. The van der Waals surface area contributed by atoms with E-state index in [9.17, 15) is 14.7 Å². The van der Waals surface area contributed by atoms with Crippen LogP contribution < -0.4 is 0 Å². The van der Waals surface area contributed by atoms with Crippen molar-refractivity contribution in [1.29, 1.82) is 0 Å². The number of epoxide rings is 1. The lowest BCUT2D eigenvalue weighted by molar-refractivity contribution is -0.161. The molecule has 1 fully saturated rings. The summed E-state index contributed by atoms with van der Waals surface area (Å²) >= 11 is 0. The van der Waals surface area contributed by atoms with Crippen LogP contribution in [0.1, 0.15) is 187 Å². The van der Waals surface area contributed by atoms with E-state index >= 15 is 0 Å². The number of allylic oxidation sites excluding steroid dienone is 5. The van der Waals surface area contributed by atoms with Gasteiger partial charge in [-0.3, -0.25) is 9.59 Å². The van der Waals surface area contributed by atoms with Crippen molar-refractivity contribution >= 4 is 11.9 Å². The maximum atomic E-state index is 12.2. The molecule has 1 N–H and O–H groups in total. The molecule has 0 aromatic heterocycles. The molecule has 0 spiro atoms. The molecule has 1 aliphatic rings.